The minimum atomic E-state index is -0.0782. The van der Waals surface area contributed by atoms with Crippen LogP contribution in [-0.2, 0) is 5.41 Å². The van der Waals surface area contributed by atoms with Gasteiger partial charge in [-0.3, -0.25) is 4.79 Å². The van der Waals surface area contributed by atoms with Gasteiger partial charge in [0.2, 0.25) is 0 Å². The lowest BCUT2D eigenvalue weighted by Gasteiger charge is -2.30. The second-order valence-electron chi connectivity index (χ2n) is 12.0. The maximum absolute atomic E-state index is 13.9. The van der Waals surface area contributed by atoms with Gasteiger partial charge in [0.15, 0.2) is 5.78 Å². The SMILES string of the molecule is CC1(C)C2=C(CCC=C2)c2ccc(N(c3ccc(-c4ccccc4)cc3)c3cccc4c3C(=O)c3ccccc3-4)cc21. The Labute approximate surface area is 247 Å². The Morgan fingerprint density at radius 3 is 2.14 bits per heavy atom. The van der Waals surface area contributed by atoms with Crippen LogP contribution in [0.1, 0.15) is 53.7 Å². The van der Waals surface area contributed by atoms with Crippen molar-refractivity contribution in [2.45, 2.75) is 32.1 Å². The molecule has 0 fully saturated rings. The predicted octanol–water partition coefficient (Wildman–Crippen LogP) is 10.4. The van der Waals surface area contributed by atoms with Crippen LogP contribution in [0.3, 0.4) is 0 Å². The Bertz CT molecular complexity index is 1960. The predicted molar refractivity (Wildman–Crippen MR) is 174 cm³/mol. The highest BCUT2D eigenvalue weighted by Gasteiger charge is 2.38. The fourth-order valence-electron chi connectivity index (χ4n) is 7.23. The van der Waals surface area contributed by atoms with E-state index in [4.69, 9.17) is 0 Å². The molecule has 0 atom stereocenters. The second kappa shape index (κ2) is 9.29. The topological polar surface area (TPSA) is 20.3 Å². The van der Waals surface area contributed by atoms with Gasteiger partial charge in [0.25, 0.3) is 0 Å². The van der Waals surface area contributed by atoms with Crippen molar-refractivity contribution in [1.29, 1.82) is 0 Å². The Morgan fingerprint density at radius 1 is 0.643 bits per heavy atom. The summed E-state index contributed by atoms with van der Waals surface area (Å²) in [6, 6.07) is 40.3. The number of carbonyl (C=O) groups is 1. The van der Waals surface area contributed by atoms with E-state index in [1.54, 1.807) is 0 Å². The molecular weight excluding hydrogens is 510 g/mol. The van der Waals surface area contributed by atoms with Gasteiger partial charge in [-0.2, -0.15) is 0 Å². The van der Waals surface area contributed by atoms with Crippen molar-refractivity contribution in [3.05, 3.63) is 155 Å². The number of hydrogen-bond donors (Lipinski definition) is 0. The Morgan fingerprint density at radius 2 is 1.33 bits per heavy atom. The first kappa shape index (κ1) is 24.8. The summed E-state index contributed by atoms with van der Waals surface area (Å²) in [6.07, 6.45) is 6.82. The van der Waals surface area contributed by atoms with E-state index >= 15 is 0 Å². The first-order valence-corrected chi connectivity index (χ1v) is 14.8. The van der Waals surface area contributed by atoms with Gasteiger partial charge in [0, 0.05) is 22.4 Å². The number of nitrogens with zero attached hydrogens (tertiary/aromatic N) is 1. The molecule has 0 saturated carbocycles. The molecular formula is C40H31NO. The number of hydrogen-bond acceptors (Lipinski definition) is 2. The highest BCUT2D eigenvalue weighted by Crippen LogP contribution is 2.52. The van der Waals surface area contributed by atoms with Gasteiger partial charge in [-0.15, -0.1) is 0 Å². The number of ketones is 1. The van der Waals surface area contributed by atoms with Gasteiger partial charge in [0.05, 0.1) is 11.3 Å². The van der Waals surface area contributed by atoms with Gasteiger partial charge in [-0.25, -0.2) is 0 Å². The molecule has 2 nitrogen and oxygen atoms in total. The molecule has 0 heterocycles. The van der Waals surface area contributed by atoms with E-state index in [0.717, 1.165) is 52.2 Å². The van der Waals surface area contributed by atoms with E-state index < -0.39 is 0 Å². The van der Waals surface area contributed by atoms with Crippen molar-refractivity contribution >= 4 is 28.4 Å². The van der Waals surface area contributed by atoms with Crippen LogP contribution in [0.15, 0.2) is 133 Å². The third-order valence-corrected chi connectivity index (χ3v) is 9.31. The molecule has 0 spiro atoms. The van der Waals surface area contributed by atoms with Crippen molar-refractivity contribution in [2.24, 2.45) is 0 Å². The van der Waals surface area contributed by atoms with Crippen molar-refractivity contribution < 1.29 is 4.79 Å². The summed E-state index contributed by atoms with van der Waals surface area (Å²) in [6.45, 7) is 4.68. The zero-order valence-electron chi connectivity index (χ0n) is 23.9. The molecule has 202 valence electrons. The normalized spacial score (nSPS) is 15.7. The first-order valence-electron chi connectivity index (χ1n) is 14.8. The van der Waals surface area contributed by atoms with Crippen molar-refractivity contribution in [1.82, 2.24) is 0 Å². The van der Waals surface area contributed by atoms with Crippen LogP contribution in [0.25, 0.3) is 27.8 Å². The maximum Gasteiger partial charge on any atom is 0.196 e. The van der Waals surface area contributed by atoms with Crippen LogP contribution in [0, 0.1) is 0 Å². The van der Waals surface area contributed by atoms with Crippen LogP contribution >= 0.6 is 0 Å². The summed E-state index contributed by atoms with van der Waals surface area (Å²) in [7, 11) is 0. The Balaban J connectivity index is 1.32. The van der Waals surface area contributed by atoms with Gasteiger partial charge < -0.3 is 4.90 Å². The smallest absolute Gasteiger partial charge is 0.196 e. The number of allylic oxidation sites excluding steroid dienone is 4. The van der Waals surface area contributed by atoms with Gasteiger partial charge in [0.1, 0.15) is 0 Å². The summed E-state index contributed by atoms with van der Waals surface area (Å²) >= 11 is 0. The monoisotopic (exact) mass is 541 g/mol. The highest BCUT2D eigenvalue weighted by atomic mass is 16.1. The van der Waals surface area contributed by atoms with Crippen LogP contribution in [0.4, 0.5) is 17.1 Å². The van der Waals surface area contributed by atoms with Crippen LogP contribution < -0.4 is 4.90 Å². The van der Waals surface area contributed by atoms with E-state index in [-0.39, 0.29) is 11.2 Å². The molecule has 0 radical (unpaired) electrons. The average Bonchev–Trinajstić information content (AvgIpc) is 3.46. The standard InChI is InChI=1S/C40H31NO/c1-40(2)35-17-9-8-14-31(35)32-24-23-29(25-36(32)40)41(28-21-19-27(20-22-28)26-11-4-3-5-12-26)37-18-10-16-33-30-13-6-7-15-34(30)39(42)38(33)37/h3-7,9-13,15-25H,8,14H2,1-2H3. The zero-order valence-corrected chi connectivity index (χ0v) is 23.9. The van der Waals surface area contributed by atoms with Crippen LogP contribution in [0.2, 0.25) is 0 Å². The highest BCUT2D eigenvalue weighted by molar-refractivity contribution is 6.25. The summed E-state index contributed by atoms with van der Waals surface area (Å²) in [5.74, 6) is 0.0888. The zero-order chi connectivity index (χ0) is 28.4. The largest absolute Gasteiger partial charge is 0.310 e. The number of carbonyl (C=O) groups excluding carboxylic acids is 1. The molecule has 5 aromatic rings. The Kier molecular flexibility index (Phi) is 5.49. The molecule has 0 amide bonds. The summed E-state index contributed by atoms with van der Waals surface area (Å²) < 4.78 is 0. The fourth-order valence-corrected chi connectivity index (χ4v) is 7.23. The molecule has 0 aliphatic heterocycles. The van der Waals surface area contributed by atoms with Crippen molar-refractivity contribution in [3.8, 4) is 22.3 Å². The first-order chi connectivity index (χ1) is 20.5. The third kappa shape index (κ3) is 3.61. The molecule has 0 saturated heterocycles. The fraction of sp³-hybridized carbons (Fsp3) is 0.125. The van der Waals surface area contributed by atoms with Gasteiger partial charge in [-0.1, -0.05) is 111 Å². The molecule has 0 N–H and O–H groups in total. The molecule has 5 aromatic carbocycles. The molecule has 0 bridgehead atoms. The molecule has 8 rings (SSSR count). The lowest BCUT2D eigenvalue weighted by molar-refractivity contribution is 0.104. The van der Waals surface area contributed by atoms with E-state index in [9.17, 15) is 4.79 Å². The summed E-state index contributed by atoms with van der Waals surface area (Å²) in [4.78, 5) is 16.2. The molecule has 0 unspecified atom stereocenters. The lowest BCUT2D eigenvalue weighted by atomic mass is 9.80. The van der Waals surface area contributed by atoms with Crippen molar-refractivity contribution in [3.63, 3.8) is 0 Å². The third-order valence-electron chi connectivity index (χ3n) is 9.31. The van der Waals surface area contributed by atoms with E-state index in [2.05, 4.69) is 122 Å². The molecule has 2 heteroatoms. The van der Waals surface area contributed by atoms with E-state index in [1.807, 2.05) is 24.3 Å². The number of benzene rings is 5. The average molecular weight is 542 g/mol. The second-order valence-corrected chi connectivity index (χ2v) is 12.0. The van der Waals surface area contributed by atoms with Gasteiger partial charge >= 0.3 is 0 Å². The van der Waals surface area contributed by atoms with E-state index in [1.165, 1.54) is 33.4 Å². The quantitative estimate of drug-likeness (QED) is 0.221. The molecule has 42 heavy (non-hydrogen) atoms. The number of anilines is 3. The minimum absolute atomic E-state index is 0.0782. The molecule has 3 aliphatic carbocycles. The van der Waals surface area contributed by atoms with E-state index in [0.29, 0.717) is 0 Å². The summed E-state index contributed by atoms with van der Waals surface area (Å²) in [5.41, 5.74) is 14.5. The Hall–Kier alpha value is -4.95. The van der Waals surface area contributed by atoms with Crippen molar-refractivity contribution in [2.75, 3.05) is 4.90 Å². The lowest BCUT2D eigenvalue weighted by Crippen LogP contribution is -2.18. The van der Waals surface area contributed by atoms with Crippen LogP contribution in [-0.4, -0.2) is 5.78 Å². The maximum atomic E-state index is 13.9. The summed E-state index contributed by atoms with van der Waals surface area (Å²) in [5, 5.41) is 0. The number of fused-ring (bicyclic) bond motifs is 5. The van der Waals surface area contributed by atoms with Crippen LogP contribution in [0.5, 0.6) is 0 Å². The molecule has 0 aromatic heterocycles. The van der Waals surface area contributed by atoms with Gasteiger partial charge in [-0.05, 0) is 87.7 Å². The minimum Gasteiger partial charge on any atom is -0.310 e. The number of rotatable bonds is 4. The molecule has 3 aliphatic rings.